The number of hydrogen-bond acceptors (Lipinski definition) is 5. The lowest BCUT2D eigenvalue weighted by Crippen LogP contribution is -2.51. The average molecular weight is 258 g/mol. The van der Waals surface area contributed by atoms with Crippen molar-refractivity contribution < 1.29 is 50.5 Å². The molecule has 0 spiro atoms. The van der Waals surface area contributed by atoms with Crippen molar-refractivity contribution in [1.29, 1.82) is 0 Å². The van der Waals surface area contributed by atoms with Crippen LogP contribution in [0.2, 0.25) is 0 Å². The molecule has 0 atom stereocenters. The minimum absolute atomic E-state index is 0.423. The maximum Gasteiger partial charge on any atom is 0.527 e. The third kappa shape index (κ3) is 5.14. The van der Waals surface area contributed by atoms with Gasteiger partial charge in [-0.3, -0.25) is 0 Å². The van der Waals surface area contributed by atoms with Crippen molar-refractivity contribution in [3.05, 3.63) is 0 Å². The van der Waals surface area contributed by atoms with E-state index in [9.17, 15) is 31.1 Å². The van der Waals surface area contributed by atoms with Gasteiger partial charge in [-0.2, -0.15) is 0 Å². The first-order valence-electron chi connectivity index (χ1n) is 3.24. The number of methoxy groups -OCH3 is 1. The molecule has 0 aliphatic heterocycles. The summed E-state index contributed by atoms with van der Waals surface area (Å²) >= 11 is 0. The van der Waals surface area contributed by atoms with Crippen molar-refractivity contribution in [2.75, 3.05) is 7.11 Å². The number of hydrogen-bond donors (Lipinski definition) is 1. The molecule has 0 aromatic carbocycles. The van der Waals surface area contributed by atoms with E-state index in [0.29, 0.717) is 7.11 Å². The molecular formula is C5H4F6O5. The second-order valence-corrected chi connectivity index (χ2v) is 2.17. The van der Waals surface area contributed by atoms with Crippen molar-refractivity contribution in [1.82, 2.24) is 0 Å². The molecule has 0 saturated heterocycles. The molecule has 0 aliphatic carbocycles. The van der Waals surface area contributed by atoms with Crippen LogP contribution >= 0.6 is 0 Å². The van der Waals surface area contributed by atoms with Crippen molar-refractivity contribution in [3.63, 3.8) is 0 Å². The van der Waals surface area contributed by atoms with Crippen LogP contribution in [0.15, 0.2) is 0 Å². The maximum atomic E-state index is 11.6. The summed E-state index contributed by atoms with van der Waals surface area (Å²) in [6.45, 7) is 0. The third-order valence-corrected chi connectivity index (χ3v) is 0.951. The third-order valence-electron chi connectivity index (χ3n) is 0.951. The number of carbonyl (C=O) groups excluding carboxylic acids is 1. The zero-order valence-corrected chi connectivity index (χ0v) is 7.35. The number of ether oxygens (including phenoxy) is 3. The first-order valence-corrected chi connectivity index (χ1v) is 3.24. The predicted molar refractivity (Wildman–Crippen MR) is 31.2 cm³/mol. The van der Waals surface area contributed by atoms with Crippen LogP contribution in [0.25, 0.3) is 0 Å². The Hall–Kier alpha value is -1.07. The molecule has 0 amide bonds. The highest BCUT2D eigenvalue weighted by atomic mass is 19.4. The molecule has 16 heavy (non-hydrogen) atoms. The van der Waals surface area contributed by atoms with Crippen LogP contribution < -0.4 is 0 Å². The smallest absolute Gasteiger partial charge is 0.463 e. The lowest BCUT2D eigenvalue weighted by atomic mass is 10.5. The van der Waals surface area contributed by atoms with Gasteiger partial charge in [0.2, 0.25) is 0 Å². The van der Waals surface area contributed by atoms with E-state index in [4.69, 9.17) is 5.11 Å². The summed E-state index contributed by atoms with van der Waals surface area (Å²) in [6.07, 6.45) is -11.5. The Morgan fingerprint density at radius 3 is 1.50 bits per heavy atom. The lowest BCUT2D eigenvalue weighted by molar-refractivity contribution is -0.516. The van der Waals surface area contributed by atoms with Crippen molar-refractivity contribution in [3.8, 4) is 0 Å². The molecule has 0 aliphatic rings. The first kappa shape index (κ1) is 14.9. The molecule has 0 rings (SSSR count). The van der Waals surface area contributed by atoms with Crippen LogP contribution in [-0.2, 0) is 19.0 Å². The van der Waals surface area contributed by atoms with Gasteiger partial charge in [0.1, 0.15) is 0 Å². The van der Waals surface area contributed by atoms with E-state index in [-0.39, 0.29) is 0 Å². The van der Waals surface area contributed by atoms with Crippen LogP contribution in [0.4, 0.5) is 26.3 Å². The summed E-state index contributed by atoms with van der Waals surface area (Å²) in [6, 6.07) is 0. The number of aliphatic hydroxyl groups is 1. The van der Waals surface area contributed by atoms with E-state index in [2.05, 4.69) is 14.2 Å². The average Bonchev–Trinajstić information content (AvgIpc) is 1.95. The van der Waals surface area contributed by atoms with Gasteiger partial charge in [-0.05, 0) is 0 Å². The highest BCUT2D eigenvalue weighted by molar-refractivity contribution is 5.75. The molecule has 0 aromatic heterocycles. The van der Waals surface area contributed by atoms with E-state index in [1.165, 1.54) is 0 Å². The van der Waals surface area contributed by atoms with Crippen molar-refractivity contribution in [2.45, 2.75) is 18.7 Å². The molecule has 96 valence electrons. The second-order valence-electron chi connectivity index (χ2n) is 2.17. The van der Waals surface area contributed by atoms with Crippen molar-refractivity contribution in [2.24, 2.45) is 0 Å². The van der Waals surface area contributed by atoms with Gasteiger partial charge in [-0.15, -0.1) is 26.3 Å². The quantitative estimate of drug-likeness (QED) is 0.462. The number of alkyl halides is 6. The minimum Gasteiger partial charge on any atom is -0.463 e. The van der Waals surface area contributed by atoms with E-state index < -0.39 is 24.7 Å². The van der Waals surface area contributed by atoms with Crippen LogP contribution in [0.5, 0.6) is 0 Å². The van der Waals surface area contributed by atoms with E-state index >= 15 is 0 Å². The SMILES string of the molecule is COC(=O)C(O)(OC(F)(F)F)OC(F)(F)F. The van der Waals surface area contributed by atoms with E-state index in [1.54, 1.807) is 0 Å². The standard InChI is InChI=1S/C5H4F6O5/c1-14-2(12)3(13,15-4(6,7)8)16-5(9,10)11/h13H,1H3. The molecule has 0 unspecified atom stereocenters. The summed E-state index contributed by atoms with van der Waals surface area (Å²) in [5.74, 6) is -7.05. The fourth-order valence-corrected chi connectivity index (χ4v) is 0.547. The summed E-state index contributed by atoms with van der Waals surface area (Å²) in [7, 11) is 0.423. The van der Waals surface area contributed by atoms with Gasteiger partial charge >= 0.3 is 24.7 Å². The normalized spacial score (nSPS) is 13.8. The highest BCUT2D eigenvalue weighted by Crippen LogP contribution is 2.31. The Morgan fingerprint density at radius 1 is 1.00 bits per heavy atom. The number of carbonyl (C=O) groups is 1. The fourth-order valence-electron chi connectivity index (χ4n) is 0.547. The topological polar surface area (TPSA) is 65.0 Å². The molecule has 11 heteroatoms. The Kier molecular flexibility index (Phi) is 4.13. The highest BCUT2D eigenvalue weighted by Gasteiger charge is 2.56. The summed E-state index contributed by atoms with van der Waals surface area (Å²) in [5, 5.41) is 8.59. The molecule has 0 bridgehead atoms. The zero-order chi connectivity index (χ0) is 13.2. The number of esters is 1. The van der Waals surface area contributed by atoms with Crippen LogP contribution in [0.3, 0.4) is 0 Å². The number of halogens is 6. The lowest BCUT2D eigenvalue weighted by Gasteiger charge is -2.25. The van der Waals surface area contributed by atoms with Crippen LogP contribution in [0, 0.1) is 0 Å². The molecule has 0 fully saturated rings. The maximum absolute atomic E-state index is 11.6. The zero-order valence-electron chi connectivity index (χ0n) is 7.35. The van der Waals surface area contributed by atoms with Gasteiger partial charge in [0.15, 0.2) is 0 Å². The Bertz CT molecular complexity index is 241. The molecule has 5 nitrogen and oxygen atoms in total. The van der Waals surface area contributed by atoms with Gasteiger partial charge in [0, 0.05) is 0 Å². The molecular weight excluding hydrogens is 254 g/mol. The summed E-state index contributed by atoms with van der Waals surface area (Å²) < 4.78 is 78.0. The first-order chi connectivity index (χ1) is 6.90. The Labute approximate surface area is 83.5 Å². The van der Waals surface area contributed by atoms with Crippen LogP contribution in [0.1, 0.15) is 0 Å². The molecule has 0 heterocycles. The second kappa shape index (κ2) is 4.43. The van der Waals surface area contributed by atoms with Gasteiger partial charge in [-0.1, -0.05) is 0 Å². The van der Waals surface area contributed by atoms with E-state index in [1.807, 2.05) is 0 Å². The minimum atomic E-state index is -5.74. The molecule has 0 aromatic rings. The van der Waals surface area contributed by atoms with E-state index in [0.717, 1.165) is 0 Å². The fraction of sp³-hybridized carbons (Fsp3) is 0.800. The van der Waals surface area contributed by atoms with Gasteiger partial charge < -0.3 is 9.84 Å². The monoisotopic (exact) mass is 258 g/mol. The van der Waals surface area contributed by atoms with Gasteiger partial charge in [-0.25, -0.2) is 14.3 Å². The predicted octanol–water partition coefficient (Wildman–Crippen LogP) is 0.878. The van der Waals surface area contributed by atoms with Crippen molar-refractivity contribution >= 4 is 5.97 Å². The van der Waals surface area contributed by atoms with Gasteiger partial charge in [0.25, 0.3) is 0 Å². The Morgan fingerprint density at radius 2 is 1.31 bits per heavy atom. The summed E-state index contributed by atoms with van der Waals surface area (Å²) in [5.41, 5.74) is 0. The summed E-state index contributed by atoms with van der Waals surface area (Å²) in [4.78, 5) is 10.5. The number of rotatable bonds is 3. The molecule has 0 saturated carbocycles. The van der Waals surface area contributed by atoms with Gasteiger partial charge in [0.05, 0.1) is 7.11 Å². The molecule has 1 N–H and O–H groups in total. The van der Waals surface area contributed by atoms with Crippen LogP contribution in [-0.4, -0.2) is 36.9 Å². The molecule has 0 radical (unpaired) electrons. The Balaban J connectivity index is 4.97. The largest absolute Gasteiger partial charge is 0.527 e.